The third-order valence-corrected chi connectivity index (χ3v) is 6.52. The topological polar surface area (TPSA) is 63.4 Å². The summed E-state index contributed by atoms with van der Waals surface area (Å²) in [4.78, 5) is 1.94. The van der Waals surface area contributed by atoms with Crippen LogP contribution in [0.1, 0.15) is 33.3 Å². The molecule has 0 aliphatic carbocycles. The van der Waals surface area contributed by atoms with Crippen molar-refractivity contribution in [2.24, 2.45) is 0 Å². The van der Waals surface area contributed by atoms with E-state index in [9.17, 15) is 13.6 Å². The fourth-order valence-corrected chi connectivity index (χ4v) is 4.68. The number of hydrogen-bond donors (Lipinski definition) is 0. The molecular formula is C15H22N2O3S. The largest absolute Gasteiger partial charge is 0.622 e. The zero-order chi connectivity index (χ0) is 16.2. The van der Waals surface area contributed by atoms with Crippen molar-refractivity contribution in [3.8, 4) is 0 Å². The first-order chi connectivity index (χ1) is 9.43. The van der Waals surface area contributed by atoms with E-state index in [4.69, 9.17) is 0 Å². The van der Waals surface area contributed by atoms with Gasteiger partial charge in [0.1, 0.15) is 5.54 Å². The van der Waals surface area contributed by atoms with Crippen LogP contribution in [0.4, 0.5) is 0 Å². The molecule has 2 rings (SSSR count). The summed E-state index contributed by atoms with van der Waals surface area (Å²) in [6.45, 7) is 8.85. The smallest absolute Gasteiger partial charge is 0.305 e. The van der Waals surface area contributed by atoms with Gasteiger partial charge in [-0.15, -0.1) is 0 Å². The predicted molar refractivity (Wildman–Crippen MR) is 82.9 cm³/mol. The van der Waals surface area contributed by atoms with Gasteiger partial charge in [-0.1, -0.05) is 17.7 Å². The second-order valence-electron chi connectivity index (χ2n) is 6.53. The number of benzene rings is 1. The molecule has 0 bridgehead atoms. The molecule has 0 atom stereocenters. The molecule has 1 aromatic rings. The van der Waals surface area contributed by atoms with Crippen LogP contribution in [0, 0.1) is 12.1 Å². The summed E-state index contributed by atoms with van der Waals surface area (Å²) >= 11 is 0. The van der Waals surface area contributed by atoms with Crippen LogP contribution >= 0.6 is 0 Å². The fraction of sp³-hybridized carbons (Fsp3) is 0.533. The highest BCUT2D eigenvalue weighted by Crippen LogP contribution is 2.36. The van der Waals surface area contributed by atoms with Gasteiger partial charge in [0.25, 0.3) is 9.84 Å². The number of hydrogen-bond acceptors (Lipinski definition) is 4. The molecule has 0 amide bonds. The van der Waals surface area contributed by atoms with Crippen LogP contribution in [0.3, 0.4) is 0 Å². The van der Waals surface area contributed by atoms with Gasteiger partial charge in [0.15, 0.2) is 0 Å². The van der Waals surface area contributed by atoms with Gasteiger partial charge in [0, 0.05) is 13.8 Å². The summed E-state index contributed by atoms with van der Waals surface area (Å²) in [5, 5.41) is 12.5. The zero-order valence-electron chi connectivity index (χ0n) is 13.3. The molecule has 0 saturated heterocycles. The molecule has 0 saturated carbocycles. The van der Waals surface area contributed by atoms with Crippen LogP contribution in [-0.4, -0.2) is 41.3 Å². The molecule has 0 aromatic heterocycles. The van der Waals surface area contributed by atoms with Crippen LogP contribution in [0.15, 0.2) is 29.2 Å². The van der Waals surface area contributed by atoms with E-state index in [-0.39, 0.29) is 9.94 Å². The minimum atomic E-state index is -3.83. The molecule has 1 aliphatic rings. The zero-order valence-corrected chi connectivity index (χ0v) is 14.2. The van der Waals surface area contributed by atoms with Crippen LogP contribution < -0.4 is 0 Å². The third-order valence-electron chi connectivity index (χ3n) is 4.45. The van der Waals surface area contributed by atoms with E-state index in [2.05, 4.69) is 0 Å². The summed E-state index contributed by atoms with van der Waals surface area (Å²) in [7, 11) is -2.06. The summed E-state index contributed by atoms with van der Waals surface area (Å²) in [5.41, 5.74) is -0.799. The molecule has 0 N–H and O–H groups in total. The Bertz CT molecular complexity index is 701. The van der Waals surface area contributed by atoms with E-state index in [1.807, 2.05) is 6.92 Å². The van der Waals surface area contributed by atoms with Crippen molar-refractivity contribution in [1.82, 2.24) is 4.90 Å². The molecule has 0 fully saturated rings. The molecule has 1 aliphatic heterocycles. The van der Waals surface area contributed by atoms with E-state index < -0.39 is 21.0 Å². The lowest BCUT2D eigenvalue weighted by molar-refractivity contribution is -0.555. The van der Waals surface area contributed by atoms with Crippen LogP contribution in [0.25, 0.3) is 0 Å². The van der Waals surface area contributed by atoms with E-state index in [0.29, 0.717) is 4.74 Å². The molecular weight excluding hydrogens is 288 g/mol. The quantitative estimate of drug-likeness (QED) is 0.589. The van der Waals surface area contributed by atoms with Gasteiger partial charge < -0.3 is 5.21 Å². The molecule has 5 nitrogen and oxygen atoms in total. The molecule has 0 radical (unpaired) electrons. The van der Waals surface area contributed by atoms with Gasteiger partial charge in [-0.25, -0.2) is 13.3 Å². The van der Waals surface area contributed by atoms with Gasteiger partial charge >= 0.3 is 5.04 Å². The van der Waals surface area contributed by atoms with Crippen molar-refractivity contribution in [2.75, 3.05) is 7.05 Å². The standard InChI is InChI=1S/C15H22N2O3S/c1-11-7-9-12(10-8-11)21(19,20)13-14(2,3)16(6)15(4,5)17(13)18/h7-10H,1-6H3. The average molecular weight is 310 g/mol. The molecule has 0 spiro atoms. The summed E-state index contributed by atoms with van der Waals surface area (Å²) in [6.07, 6.45) is 0. The Balaban J connectivity index is 2.69. The minimum absolute atomic E-state index is 0.105. The predicted octanol–water partition coefficient (Wildman–Crippen LogP) is 2.14. The van der Waals surface area contributed by atoms with Crippen LogP contribution in [0.5, 0.6) is 0 Å². The summed E-state index contributed by atoms with van der Waals surface area (Å²) in [5.74, 6) is 0. The van der Waals surface area contributed by atoms with Crippen LogP contribution in [-0.2, 0) is 9.84 Å². The Morgan fingerprint density at radius 2 is 1.57 bits per heavy atom. The minimum Gasteiger partial charge on any atom is -0.622 e. The highest BCUT2D eigenvalue weighted by Gasteiger charge is 2.59. The Kier molecular flexibility index (Phi) is 3.46. The van der Waals surface area contributed by atoms with E-state index >= 15 is 0 Å². The monoisotopic (exact) mass is 310 g/mol. The maximum absolute atomic E-state index is 12.9. The molecule has 1 heterocycles. The SMILES string of the molecule is Cc1ccc(S(=O)(=O)C2=[N+]([O-])C(C)(C)N(C)C2(C)C)cc1. The van der Waals surface area contributed by atoms with E-state index in [1.54, 1.807) is 63.9 Å². The van der Waals surface area contributed by atoms with E-state index in [0.717, 1.165) is 5.56 Å². The lowest BCUT2D eigenvalue weighted by Crippen LogP contribution is -2.51. The number of sulfone groups is 1. The van der Waals surface area contributed by atoms with Gasteiger partial charge in [-0.3, -0.25) is 0 Å². The molecule has 1 aromatic carbocycles. The lowest BCUT2D eigenvalue weighted by atomic mass is 10.0. The fourth-order valence-electron chi connectivity index (χ4n) is 2.73. The second-order valence-corrected chi connectivity index (χ2v) is 8.39. The molecule has 21 heavy (non-hydrogen) atoms. The van der Waals surface area contributed by atoms with Crippen molar-refractivity contribution >= 4 is 14.9 Å². The number of hydroxylamine groups is 1. The van der Waals surface area contributed by atoms with Crippen molar-refractivity contribution in [2.45, 2.75) is 50.7 Å². The Labute approximate surface area is 126 Å². The van der Waals surface area contributed by atoms with Gasteiger partial charge in [-0.05, 0) is 40.0 Å². The third kappa shape index (κ3) is 2.17. The first-order valence-corrected chi connectivity index (χ1v) is 8.32. The highest BCUT2D eigenvalue weighted by atomic mass is 32.2. The summed E-state index contributed by atoms with van der Waals surface area (Å²) in [6, 6.07) is 6.57. The molecule has 116 valence electrons. The summed E-state index contributed by atoms with van der Waals surface area (Å²) < 4.78 is 26.4. The second kappa shape index (κ2) is 4.55. The van der Waals surface area contributed by atoms with Crippen molar-refractivity contribution in [3.05, 3.63) is 35.0 Å². The highest BCUT2D eigenvalue weighted by molar-refractivity contribution is 8.06. The maximum atomic E-state index is 12.9. The van der Waals surface area contributed by atoms with Crippen molar-refractivity contribution < 1.29 is 13.2 Å². The first kappa shape index (κ1) is 16.0. The van der Waals surface area contributed by atoms with Crippen LogP contribution in [0.2, 0.25) is 0 Å². The number of nitrogens with zero attached hydrogens (tertiary/aromatic N) is 2. The van der Waals surface area contributed by atoms with E-state index in [1.165, 1.54) is 0 Å². The number of rotatable bonds is 1. The maximum Gasteiger partial charge on any atom is 0.305 e. The normalized spacial score (nSPS) is 21.8. The molecule has 0 unspecified atom stereocenters. The lowest BCUT2D eigenvalue weighted by Gasteiger charge is -2.32. The van der Waals surface area contributed by atoms with Gasteiger partial charge in [0.05, 0.1) is 4.90 Å². The Morgan fingerprint density at radius 1 is 1.10 bits per heavy atom. The average Bonchev–Trinajstić information content (AvgIpc) is 2.48. The number of aryl methyl sites for hydroxylation is 1. The Hall–Kier alpha value is -1.40. The Morgan fingerprint density at radius 3 is 1.95 bits per heavy atom. The van der Waals surface area contributed by atoms with Crippen molar-refractivity contribution in [3.63, 3.8) is 0 Å². The van der Waals surface area contributed by atoms with Gasteiger partial charge in [0.2, 0.25) is 5.66 Å². The van der Waals surface area contributed by atoms with Gasteiger partial charge in [-0.2, -0.15) is 4.74 Å². The first-order valence-electron chi connectivity index (χ1n) is 6.84. The van der Waals surface area contributed by atoms with Crippen molar-refractivity contribution in [1.29, 1.82) is 0 Å². The molecule has 6 heteroatoms.